The van der Waals surface area contributed by atoms with E-state index in [-0.39, 0.29) is 5.76 Å². The van der Waals surface area contributed by atoms with Crippen molar-refractivity contribution in [2.75, 3.05) is 0 Å². The minimum Gasteiger partial charge on any atom is -0.408 e. The van der Waals surface area contributed by atoms with E-state index < -0.39 is 18.3 Å². The van der Waals surface area contributed by atoms with E-state index in [1.165, 1.54) is 4.57 Å². The van der Waals surface area contributed by atoms with Gasteiger partial charge in [0, 0.05) is 7.05 Å². The van der Waals surface area contributed by atoms with Gasteiger partial charge in [0.2, 0.25) is 0 Å². The second kappa shape index (κ2) is 4.24. The van der Waals surface area contributed by atoms with E-state index >= 15 is 0 Å². The van der Waals surface area contributed by atoms with Crippen LogP contribution >= 0.6 is 0 Å². The first kappa shape index (κ1) is 14.4. The Morgan fingerprint density at radius 1 is 1.10 bits per heavy atom. The first-order chi connectivity index (χ1) is 9.62. The average molecular weight is 289 g/mol. The molecule has 0 radical (unpaired) electrons. The van der Waals surface area contributed by atoms with Crippen molar-refractivity contribution in [3.05, 3.63) is 28.2 Å². The Balaban J connectivity index is 2.10. The van der Waals surface area contributed by atoms with Crippen LogP contribution in [-0.2, 0) is 16.4 Å². The lowest BCUT2D eigenvalue weighted by atomic mass is 9.76. The van der Waals surface area contributed by atoms with Gasteiger partial charge in [0.1, 0.15) is 0 Å². The van der Waals surface area contributed by atoms with Gasteiger partial charge in [-0.05, 0) is 57.8 Å². The van der Waals surface area contributed by atoms with Crippen molar-refractivity contribution >= 4 is 23.7 Å². The van der Waals surface area contributed by atoms with E-state index in [0.717, 1.165) is 16.5 Å². The molecule has 1 aliphatic heterocycles. The molecule has 1 aromatic carbocycles. The van der Waals surface area contributed by atoms with Gasteiger partial charge in [0.15, 0.2) is 5.58 Å². The van der Waals surface area contributed by atoms with E-state index in [2.05, 4.69) is 0 Å². The lowest BCUT2D eigenvalue weighted by Crippen LogP contribution is -2.41. The van der Waals surface area contributed by atoms with Gasteiger partial charge in [-0.1, -0.05) is 0 Å². The van der Waals surface area contributed by atoms with Crippen LogP contribution in [0.25, 0.3) is 11.1 Å². The Labute approximate surface area is 124 Å². The van der Waals surface area contributed by atoms with E-state index in [4.69, 9.17) is 13.7 Å². The molecule has 0 spiro atoms. The molecule has 0 saturated carbocycles. The van der Waals surface area contributed by atoms with Crippen LogP contribution < -0.4 is 11.2 Å². The van der Waals surface area contributed by atoms with Crippen LogP contribution in [0.2, 0.25) is 0 Å². The third kappa shape index (κ3) is 2.05. The van der Waals surface area contributed by atoms with Gasteiger partial charge >= 0.3 is 12.9 Å². The fourth-order valence-corrected chi connectivity index (χ4v) is 2.52. The molecule has 3 rings (SSSR count). The fourth-order valence-electron chi connectivity index (χ4n) is 2.52. The minimum atomic E-state index is -0.454. The average Bonchev–Trinajstić information content (AvgIpc) is 2.74. The van der Waals surface area contributed by atoms with Gasteiger partial charge < -0.3 is 13.7 Å². The highest BCUT2D eigenvalue weighted by Gasteiger charge is 2.52. The molecule has 0 atom stereocenters. The summed E-state index contributed by atoms with van der Waals surface area (Å²) in [6.45, 7) is 10.1. The Morgan fingerprint density at radius 2 is 1.67 bits per heavy atom. The molecule has 0 amide bonds. The van der Waals surface area contributed by atoms with Gasteiger partial charge in [-0.2, -0.15) is 0 Å². The smallest absolute Gasteiger partial charge is 0.408 e. The third-order valence-electron chi connectivity index (χ3n) is 4.69. The van der Waals surface area contributed by atoms with Gasteiger partial charge in [0.05, 0.1) is 16.7 Å². The summed E-state index contributed by atoms with van der Waals surface area (Å²) in [5.74, 6) is -0.365. The zero-order valence-electron chi connectivity index (χ0n) is 13.3. The molecule has 0 N–H and O–H groups in total. The van der Waals surface area contributed by atoms with Crippen LogP contribution in [-0.4, -0.2) is 22.9 Å². The van der Waals surface area contributed by atoms with Crippen molar-refractivity contribution in [1.29, 1.82) is 0 Å². The van der Waals surface area contributed by atoms with Crippen LogP contribution in [0.4, 0.5) is 0 Å². The molecule has 1 aliphatic rings. The van der Waals surface area contributed by atoms with Gasteiger partial charge in [0.25, 0.3) is 0 Å². The molecule has 1 fully saturated rings. The molecule has 5 nitrogen and oxygen atoms in total. The Hall–Kier alpha value is -1.53. The van der Waals surface area contributed by atoms with Crippen LogP contribution in [0.5, 0.6) is 0 Å². The monoisotopic (exact) mass is 289 g/mol. The minimum absolute atomic E-state index is 0.365. The van der Waals surface area contributed by atoms with Crippen LogP contribution in [0.1, 0.15) is 33.3 Å². The fraction of sp³-hybridized carbons (Fsp3) is 0.533. The highest BCUT2D eigenvalue weighted by atomic mass is 16.7. The van der Waals surface area contributed by atoms with Gasteiger partial charge in [-0.15, -0.1) is 0 Å². The number of benzene rings is 1. The van der Waals surface area contributed by atoms with Crippen molar-refractivity contribution in [3.63, 3.8) is 0 Å². The standard InChI is InChI=1S/C15H20BNO4/c1-9-7-11-12(19-13(18)17(11)6)8-10(9)16-20-14(2,3)15(4,5)21-16/h7-8H,1-6H3. The maximum absolute atomic E-state index is 11.6. The maximum Gasteiger partial charge on any atom is 0.495 e. The second-order valence-corrected chi connectivity index (χ2v) is 6.69. The second-order valence-electron chi connectivity index (χ2n) is 6.69. The molecule has 1 aromatic heterocycles. The van der Waals surface area contributed by atoms with Crippen molar-refractivity contribution in [2.24, 2.45) is 7.05 Å². The van der Waals surface area contributed by atoms with Crippen molar-refractivity contribution < 1.29 is 13.7 Å². The van der Waals surface area contributed by atoms with E-state index in [1.807, 2.05) is 46.8 Å². The number of oxazole rings is 1. The normalized spacial score (nSPS) is 20.4. The molecule has 112 valence electrons. The summed E-state index contributed by atoms with van der Waals surface area (Å²) in [7, 11) is 1.24. The zero-order chi connectivity index (χ0) is 15.6. The van der Waals surface area contributed by atoms with E-state index in [9.17, 15) is 4.79 Å². The number of hydrogen-bond donors (Lipinski definition) is 0. The molecule has 2 aromatic rings. The molecule has 6 heteroatoms. The highest BCUT2D eigenvalue weighted by molar-refractivity contribution is 6.62. The molecule has 1 saturated heterocycles. The van der Waals surface area contributed by atoms with Crippen molar-refractivity contribution in [3.8, 4) is 0 Å². The van der Waals surface area contributed by atoms with Crippen molar-refractivity contribution in [2.45, 2.75) is 45.8 Å². The first-order valence-corrected chi connectivity index (χ1v) is 7.08. The predicted octanol–water partition coefficient (Wildman–Crippen LogP) is 1.74. The molecule has 2 heterocycles. The highest BCUT2D eigenvalue weighted by Crippen LogP contribution is 2.36. The summed E-state index contributed by atoms with van der Waals surface area (Å²) in [5, 5.41) is 0. The van der Waals surface area contributed by atoms with Gasteiger partial charge in [-0.3, -0.25) is 4.57 Å². The largest absolute Gasteiger partial charge is 0.495 e. The van der Waals surface area contributed by atoms with E-state index in [1.54, 1.807) is 7.05 Å². The summed E-state index contributed by atoms with van der Waals surface area (Å²) in [6.07, 6.45) is 0. The lowest BCUT2D eigenvalue weighted by Gasteiger charge is -2.32. The van der Waals surface area contributed by atoms with E-state index in [0.29, 0.717) is 5.58 Å². The van der Waals surface area contributed by atoms with Crippen LogP contribution in [0.3, 0.4) is 0 Å². The molecular weight excluding hydrogens is 269 g/mol. The summed E-state index contributed by atoms with van der Waals surface area (Å²) in [4.78, 5) is 11.6. The summed E-state index contributed by atoms with van der Waals surface area (Å²) < 4.78 is 18.9. The summed E-state index contributed by atoms with van der Waals surface area (Å²) in [5.41, 5.74) is 2.45. The third-order valence-corrected chi connectivity index (χ3v) is 4.69. The molecule has 0 aliphatic carbocycles. The number of aryl methyl sites for hydroxylation is 2. The summed E-state index contributed by atoms with van der Waals surface area (Å²) >= 11 is 0. The van der Waals surface area contributed by atoms with Gasteiger partial charge in [-0.25, -0.2) is 4.79 Å². The molecule has 0 bridgehead atoms. The van der Waals surface area contributed by atoms with Crippen LogP contribution in [0, 0.1) is 6.92 Å². The molecule has 21 heavy (non-hydrogen) atoms. The first-order valence-electron chi connectivity index (χ1n) is 7.08. The lowest BCUT2D eigenvalue weighted by molar-refractivity contribution is 0.00578. The number of rotatable bonds is 1. The number of aromatic nitrogens is 1. The number of nitrogens with zero attached hydrogens (tertiary/aromatic N) is 1. The SMILES string of the molecule is Cc1cc2c(cc1B1OC(C)(C)C(C)(C)O1)oc(=O)n2C. The number of hydrogen-bond acceptors (Lipinski definition) is 4. The Kier molecular flexibility index (Phi) is 2.91. The molecular formula is C15H20BNO4. The Bertz CT molecular complexity index is 756. The maximum atomic E-state index is 11.6. The number of fused-ring (bicyclic) bond motifs is 1. The Morgan fingerprint density at radius 3 is 2.24 bits per heavy atom. The topological polar surface area (TPSA) is 53.6 Å². The van der Waals surface area contributed by atoms with Crippen molar-refractivity contribution in [1.82, 2.24) is 4.57 Å². The molecule has 0 unspecified atom stereocenters. The van der Waals surface area contributed by atoms with Crippen LogP contribution in [0.15, 0.2) is 21.3 Å². The quantitative estimate of drug-likeness (QED) is 0.750. The predicted molar refractivity (Wildman–Crippen MR) is 81.9 cm³/mol. The summed E-state index contributed by atoms with van der Waals surface area (Å²) in [6, 6.07) is 3.77. The zero-order valence-corrected chi connectivity index (χ0v) is 13.3.